The first-order valence-electron chi connectivity index (χ1n) is 8.76. The number of hydrogen-bond acceptors (Lipinski definition) is 7. The fraction of sp³-hybridized carbons (Fsp3) is 0.190. The van der Waals surface area contributed by atoms with Gasteiger partial charge in [0.2, 0.25) is 5.91 Å². The third-order valence-electron chi connectivity index (χ3n) is 4.05. The van der Waals surface area contributed by atoms with E-state index in [1.807, 2.05) is 42.5 Å². The lowest BCUT2D eigenvalue weighted by atomic mass is 10.1. The number of carbonyl (C=O) groups excluding carboxylic acids is 1. The Morgan fingerprint density at radius 3 is 2.41 bits per heavy atom. The van der Waals surface area contributed by atoms with Crippen molar-refractivity contribution in [2.24, 2.45) is 0 Å². The Morgan fingerprint density at radius 1 is 0.931 bits per heavy atom. The standard InChI is InChI=1S/C21H21N3O4S/c1-26-14-8-10-18(27-2)15(12-14)16-9-11-21(24-23-16)29-13-20(25)22-17-6-4-5-7-19(17)28-3/h4-12H,13H2,1-3H3,(H,22,25). The van der Waals surface area contributed by atoms with Crippen LogP contribution in [-0.4, -0.2) is 43.2 Å². The molecule has 7 nitrogen and oxygen atoms in total. The summed E-state index contributed by atoms with van der Waals surface area (Å²) in [7, 11) is 4.77. The van der Waals surface area contributed by atoms with Crippen LogP contribution in [0.1, 0.15) is 0 Å². The summed E-state index contributed by atoms with van der Waals surface area (Å²) < 4.78 is 15.9. The number of benzene rings is 2. The van der Waals surface area contributed by atoms with Gasteiger partial charge in [-0.05, 0) is 42.5 Å². The number of anilines is 1. The summed E-state index contributed by atoms with van der Waals surface area (Å²) in [6.07, 6.45) is 0. The Kier molecular flexibility index (Phi) is 6.91. The summed E-state index contributed by atoms with van der Waals surface area (Å²) >= 11 is 1.30. The largest absolute Gasteiger partial charge is 0.497 e. The molecular weight excluding hydrogens is 390 g/mol. The van der Waals surface area contributed by atoms with Gasteiger partial charge in [-0.15, -0.1) is 10.2 Å². The van der Waals surface area contributed by atoms with Crippen molar-refractivity contribution >= 4 is 23.4 Å². The van der Waals surface area contributed by atoms with E-state index in [-0.39, 0.29) is 11.7 Å². The van der Waals surface area contributed by atoms with E-state index in [4.69, 9.17) is 14.2 Å². The lowest BCUT2D eigenvalue weighted by molar-refractivity contribution is -0.113. The molecule has 3 rings (SSSR count). The normalized spacial score (nSPS) is 10.3. The molecule has 2 aromatic carbocycles. The Balaban J connectivity index is 1.65. The first kappa shape index (κ1) is 20.5. The second-order valence-corrected chi connectivity index (χ2v) is 6.86. The molecule has 0 radical (unpaired) electrons. The average molecular weight is 411 g/mol. The number of methoxy groups -OCH3 is 3. The lowest BCUT2D eigenvalue weighted by Crippen LogP contribution is -2.14. The Bertz CT molecular complexity index is 980. The number of hydrogen-bond donors (Lipinski definition) is 1. The molecule has 1 N–H and O–H groups in total. The molecule has 1 heterocycles. The Morgan fingerprint density at radius 2 is 1.72 bits per heavy atom. The predicted octanol–water partition coefficient (Wildman–Crippen LogP) is 3.90. The molecule has 0 fully saturated rings. The van der Waals surface area contributed by atoms with E-state index in [2.05, 4.69) is 15.5 Å². The van der Waals surface area contributed by atoms with Crippen molar-refractivity contribution in [3.63, 3.8) is 0 Å². The molecule has 0 bridgehead atoms. The van der Waals surface area contributed by atoms with Crippen LogP contribution in [0.3, 0.4) is 0 Å². The van der Waals surface area contributed by atoms with Gasteiger partial charge in [0.25, 0.3) is 0 Å². The number of nitrogens with zero attached hydrogens (tertiary/aromatic N) is 2. The van der Waals surface area contributed by atoms with E-state index in [0.717, 1.165) is 5.56 Å². The van der Waals surface area contributed by atoms with Gasteiger partial charge in [0.05, 0.1) is 38.5 Å². The van der Waals surface area contributed by atoms with Gasteiger partial charge in [-0.1, -0.05) is 23.9 Å². The highest BCUT2D eigenvalue weighted by Gasteiger charge is 2.11. The number of rotatable bonds is 8. The van der Waals surface area contributed by atoms with Crippen LogP contribution in [0.2, 0.25) is 0 Å². The highest BCUT2D eigenvalue weighted by Crippen LogP contribution is 2.32. The summed E-state index contributed by atoms with van der Waals surface area (Å²) in [4.78, 5) is 12.2. The number of thioether (sulfide) groups is 1. The minimum atomic E-state index is -0.153. The molecular formula is C21H21N3O4S. The predicted molar refractivity (Wildman–Crippen MR) is 113 cm³/mol. The van der Waals surface area contributed by atoms with Crippen molar-refractivity contribution < 1.29 is 19.0 Å². The van der Waals surface area contributed by atoms with Crippen LogP contribution in [0.15, 0.2) is 59.6 Å². The van der Waals surface area contributed by atoms with Crippen LogP contribution in [0, 0.1) is 0 Å². The van der Waals surface area contributed by atoms with Gasteiger partial charge in [-0.3, -0.25) is 4.79 Å². The van der Waals surface area contributed by atoms with Gasteiger partial charge in [0, 0.05) is 5.56 Å². The second-order valence-electron chi connectivity index (χ2n) is 5.86. The molecule has 8 heteroatoms. The van der Waals surface area contributed by atoms with E-state index in [0.29, 0.717) is 33.7 Å². The van der Waals surface area contributed by atoms with Crippen molar-refractivity contribution in [2.75, 3.05) is 32.4 Å². The zero-order valence-corrected chi connectivity index (χ0v) is 17.2. The molecule has 3 aromatic rings. The van der Waals surface area contributed by atoms with Crippen LogP contribution in [0.25, 0.3) is 11.3 Å². The van der Waals surface area contributed by atoms with E-state index in [1.165, 1.54) is 11.8 Å². The molecule has 0 spiro atoms. The van der Waals surface area contributed by atoms with E-state index in [9.17, 15) is 4.79 Å². The summed E-state index contributed by atoms with van der Waals surface area (Å²) in [5.41, 5.74) is 2.07. The Hall–Kier alpha value is -3.26. The quantitative estimate of drug-likeness (QED) is 0.563. The highest BCUT2D eigenvalue weighted by atomic mass is 32.2. The van der Waals surface area contributed by atoms with Crippen LogP contribution in [0.5, 0.6) is 17.2 Å². The number of para-hydroxylation sites is 2. The summed E-state index contributed by atoms with van der Waals surface area (Å²) in [5.74, 6) is 2.04. The highest BCUT2D eigenvalue weighted by molar-refractivity contribution is 7.99. The third-order valence-corrected chi connectivity index (χ3v) is 4.97. The smallest absolute Gasteiger partial charge is 0.234 e. The van der Waals surface area contributed by atoms with Gasteiger partial charge < -0.3 is 19.5 Å². The van der Waals surface area contributed by atoms with Gasteiger partial charge in [0.15, 0.2) is 0 Å². The third kappa shape index (κ3) is 5.17. The fourth-order valence-electron chi connectivity index (χ4n) is 2.63. The molecule has 0 aliphatic carbocycles. The lowest BCUT2D eigenvalue weighted by Gasteiger charge is -2.10. The SMILES string of the molecule is COc1ccc(OC)c(-c2ccc(SCC(=O)Nc3ccccc3OC)nn2)c1. The average Bonchev–Trinajstić information content (AvgIpc) is 2.78. The monoisotopic (exact) mass is 411 g/mol. The minimum Gasteiger partial charge on any atom is -0.497 e. The molecule has 1 aromatic heterocycles. The van der Waals surface area contributed by atoms with Crippen molar-refractivity contribution in [2.45, 2.75) is 5.03 Å². The molecule has 0 atom stereocenters. The molecule has 1 amide bonds. The topological polar surface area (TPSA) is 82.6 Å². The molecule has 0 unspecified atom stereocenters. The van der Waals surface area contributed by atoms with E-state index in [1.54, 1.807) is 33.5 Å². The maximum atomic E-state index is 12.2. The van der Waals surface area contributed by atoms with E-state index >= 15 is 0 Å². The molecule has 0 aliphatic rings. The molecule has 0 aliphatic heterocycles. The second kappa shape index (κ2) is 9.79. The first-order chi connectivity index (χ1) is 14.1. The molecule has 150 valence electrons. The molecule has 29 heavy (non-hydrogen) atoms. The Labute approximate surface area is 173 Å². The number of nitrogens with one attached hydrogen (secondary N) is 1. The fourth-order valence-corrected chi connectivity index (χ4v) is 3.24. The zero-order valence-electron chi connectivity index (χ0n) is 16.3. The maximum absolute atomic E-state index is 12.2. The van der Waals surface area contributed by atoms with Gasteiger partial charge in [-0.25, -0.2) is 0 Å². The van der Waals surface area contributed by atoms with Crippen LogP contribution >= 0.6 is 11.8 Å². The number of amides is 1. The first-order valence-corrected chi connectivity index (χ1v) is 9.75. The van der Waals surface area contributed by atoms with Crippen molar-refractivity contribution in [1.29, 1.82) is 0 Å². The number of carbonyl (C=O) groups is 1. The van der Waals surface area contributed by atoms with Gasteiger partial charge >= 0.3 is 0 Å². The van der Waals surface area contributed by atoms with Gasteiger partial charge in [0.1, 0.15) is 22.3 Å². The van der Waals surface area contributed by atoms with Crippen molar-refractivity contribution in [3.8, 4) is 28.5 Å². The summed E-state index contributed by atoms with van der Waals surface area (Å²) in [6.45, 7) is 0. The van der Waals surface area contributed by atoms with Crippen LogP contribution < -0.4 is 19.5 Å². The van der Waals surface area contributed by atoms with E-state index < -0.39 is 0 Å². The van der Waals surface area contributed by atoms with Crippen LogP contribution in [0.4, 0.5) is 5.69 Å². The molecule has 0 saturated heterocycles. The molecule has 0 saturated carbocycles. The number of ether oxygens (including phenoxy) is 3. The van der Waals surface area contributed by atoms with Crippen molar-refractivity contribution in [3.05, 3.63) is 54.6 Å². The number of aromatic nitrogens is 2. The zero-order chi connectivity index (χ0) is 20.6. The summed E-state index contributed by atoms with van der Waals surface area (Å²) in [6, 6.07) is 16.4. The van der Waals surface area contributed by atoms with Crippen molar-refractivity contribution in [1.82, 2.24) is 10.2 Å². The minimum absolute atomic E-state index is 0.153. The van der Waals surface area contributed by atoms with Crippen LogP contribution in [-0.2, 0) is 4.79 Å². The maximum Gasteiger partial charge on any atom is 0.234 e. The summed E-state index contributed by atoms with van der Waals surface area (Å²) in [5, 5.41) is 12.0. The van der Waals surface area contributed by atoms with Gasteiger partial charge in [-0.2, -0.15) is 0 Å².